The number of piperidine rings is 1. The molecule has 28 heavy (non-hydrogen) atoms. The van der Waals surface area contributed by atoms with Crippen LogP contribution in [0, 0.1) is 6.92 Å². The summed E-state index contributed by atoms with van der Waals surface area (Å²) in [5.41, 5.74) is 1.82. The summed E-state index contributed by atoms with van der Waals surface area (Å²) >= 11 is 0. The molecule has 0 unspecified atom stereocenters. The third-order valence-electron chi connectivity index (χ3n) is 5.21. The predicted octanol–water partition coefficient (Wildman–Crippen LogP) is 3.94. The fourth-order valence-corrected chi connectivity index (χ4v) is 3.79. The number of carbonyl (C=O) groups is 1. The summed E-state index contributed by atoms with van der Waals surface area (Å²) < 4.78 is 5.13. The third-order valence-corrected chi connectivity index (χ3v) is 5.21. The van der Waals surface area contributed by atoms with E-state index in [0.717, 1.165) is 43.0 Å². The van der Waals surface area contributed by atoms with Gasteiger partial charge in [-0.15, -0.1) is 0 Å². The molecule has 0 radical (unpaired) electrons. The molecule has 0 aliphatic carbocycles. The summed E-state index contributed by atoms with van der Waals surface area (Å²) in [6.07, 6.45) is 1.81. The lowest BCUT2D eigenvalue weighted by molar-refractivity contribution is -0.122. The molecule has 1 atom stereocenters. The standard InChI is InChI=1S/C22H24N4O2/c1-16-23-21(25-28-16)18-12-14-26(15-13-18)20(17-8-4-2-5-9-17)22(27)24-19-10-6-3-7-11-19/h2-11,18,20H,12-15H2,1H3,(H,24,27)/t20-/m1/s1. The predicted molar refractivity (Wildman–Crippen MR) is 107 cm³/mol. The Labute approximate surface area is 164 Å². The molecule has 1 fully saturated rings. The van der Waals surface area contributed by atoms with Gasteiger partial charge in [0, 0.05) is 18.5 Å². The van der Waals surface area contributed by atoms with Gasteiger partial charge < -0.3 is 9.84 Å². The second-order valence-corrected chi connectivity index (χ2v) is 7.15. The van der Waals surface area contributed by atoms with Crippen molar-refractivity contribution in [2.45, 2.75) is 31.7 Å². The van der Waals surface area contributed by atoms with Gasteiger partial charge >= 0.3 is 0 Å². The molecule has 1 N–H and O–H groups in total. The van der Waals surface area contributed by atoms with E-state index in [4.69, 9.17) is 4.52 Å². The van der Waals surface area contributed by atoms with E-state index in [1.165, 1.54) is 0 Å². The molecule has 1 aliphatic heterocycles. The number of benzene rings is 2. The molecule has 144 valence electrons. The smallest absolute Gasteiger partial charge is 0.246 e. The largest absolute Gasteiger partial charge is 0.340 e. The van der Waals surface area contributed by atoms with Crippen molar-refractivity contribution in [3.8, 4) is 0 Å². The number of likely N-dealkylation sites (tertiary alicyclic amines) is 1. The quantitative estimate of drug-likeness (QED) is 0.730. The Bertz CT molecular complexity index is 903. The highest BCUT2D eigenvalue weighted by atomic mass is 16.5. The highest BCUT2D eigenvalue weighted by Crippen LogP contribution is 2.32. The first-order valence-electron chi connectivity index (χ1n) is 9.66. The number of nitrogens with one attached hydrogen (secondary N) is 1. The molecular formula is C22H24N4O2. The number of nitrogens with zero attached hydrogens (tertiary/aromatic N) is 3. The second-order valence-electron chi connectivity index (χ2n) is 7.15. The van der Waals surface area contributed by atoms with Crippen molar-refractivity contribution in [1.29, 1.82) is 0 Å². The number of hydrogen-bond donors (Lipinski definition) is 1. The van der Waals surface area contributed by atoms with Crippen LogP contribution in [-0.2, 0) is 4.79 Å². The summed E-state index contributed by atoms with van der Waals surface area (Å²) in [5.74, 6) is 1.65. The molecule has 2 aromatic carbocycles. The van der Waals surface area contributed by atoms with Gasteiger partial charge in [0.1, 0.15) is 6.04 Å². The molecule has 0 spiro atoms. The zero-order valence-electron chi connectivity index (χ0n) is 15.9. The minimum absolute atomic E-state index is 0.00810. The van der Waals surface area contributed by atoms with Crippen LogP contribution in [0.15, 0.2) is 65.2 Å². The van der Waals surface area contributed by atoms with Crippen molar-refractivity contribution in [2.24, 2.45) is 0 Å². The van der Waals surface area contributed by atoms with E-state index in [-0.39, 0.29) is 17.9 Å². The van der Waals surface area contributed by atoms with Gasteiger partial charge in [-0.3, -0.25) is 9.69 Å². The van der Waals surface area contributed by atoms with E-state index < -0.39 is 0 Å². The molecule has 1 amide bonds. The minimum atomic E-state index is -0.325. The first kappa shape index (κ1) is 18.4. The van der Waals surface area contributed by atoms with Crippen LogP contribution in [0.25, 0.3) is 0 Å². The van der Waals surface area contributed by atoms with Crippen molar-refractivity contribution in [3.63, 3.8) is 0 Å². The number of carbonyl (C=O) groups excluding carboxylic acids is 1. The van der Waals surface area contributed by atoms with Crippen LogP contribution in [0.1, 0.15) is 42.1 Å². The average Bonchev–Trinajstić information content (AvgIpc) is 3.17. The number of para-hydroxylation sites is 1. The summed E-state index contributed by atoms with van der Waals surface area (Å²) in [5, 5.41) is 7.14. The normalized spacial score (nSPS) is 16.6. The van der Waals surface area contributed by atoms with E-state index in [1.54, 1.807) is 0 Å². The first-order valence-corrected chi connectivity index (χ1v) is 9.66. The highest BCUT2D eigenvalue weighted by molar-refractivity contribution is 5.95. The molecule has 6 nitrogen and oxygen atoms in total. The van der Waals surface area contributed by atoms with Gasteiger partial charge in [0.25, 0.3) is 0 Å². The Morgan fingerprint density at radius 1 is 1.07 bits per heavy atom. The van der Waals surface area contributed by atoms with E-state index in [9.17, 15) is 4.79 Å². The monoisotopic (exact) mass is 376 g/mol. The summed E-state index contributed by atoms with van der Waals surface area (Å²) in [6, 6.07) is 19.2. The third kappa shape index (κ3) is 4.12. The molecule has 3 aromatic rings. The Kier molecular flexibility index (Phi) is 5.48. The Morgan fingerprint density at radius 3 is 2.32 bits per heavy atom. The summed E-state index contributed by atoms with van der Waals surface area (Å²) in [6.45, 7) is 3.42. The maximum atomic E-state index is 13.2. The van der Waals surface area contributed by atoms with Gasteiger partial charge in [-0.1, -0.05) is 53.7 Å². The topological polar surface area (TPSA) is 71.3 Å². The van der Waals surface area contributed by atoms with Crippen molar-refractivity contribution in [3.05, 3.63) is 77.9 Å². The SMILES string of the molecule is Cc1nc(C2CCN([C@@H](C(=O)Nc3ccccc3)c3ccccc3)CC2)no1. The summed E-state index contributed by atoms with van der Waals surface area (Å²) in [4.78, 5) is 19.8. The van der Waals surface area contributed by atoms with Crippen molar-refractivity contribution < 1.29 is 9.32 Å². The molecule has 1 aliphatic rings. The van der Waals surface area contributed by atoms with Gasteiger partial charge in [0.05, 0.1) is 0 Å². The maximum absolute atomic E-state index is 13.2. The molecule has 1 saturated heterocycles. The average molecular weight is 376 g/mol. The fraction of sp³-hybridized carbons (Fsp3) is 0.318. The lowest BCUT2D eigenvalue weighted by atomic mass is 9.93. The van der Waals surface area contributed by atoms with Crippen molar-refractivity contribution >= 4 is 11.6 Å². The maximum Gasteiger partial charge on any atom is 0.246 e. The van der Waals surface area contributed by atoms with Crippen LogP contribution in [0.3, 0.4) is 0 Å². The van der Waals surface area contributed by atoms with Crippen molar-refractivity contribution in [1.82, 2.24) is 15.0 Å². The van der Waals surface area contributed by atoms with Gasteiger partial charge in [-0.25, -0.2) is 0 Å². The second kappa shape index (κ2) is 8.35. The van der Waals surface area contributed by atoms with Crippen LogP contribution in [0.2, 0.25) is 0 Å². The Morgan fingerprint density at radius 2 is 1.71 bits per heavy atom. The van der Waals surface area contributed by atoms with E-state index in [1.807, 2.05) is 67.6 Å². The first-order chi connectivity index (χ1) is 13.7. The molecule has 0 bridgehead atoms. The highest BCUT2D eigenvalue weighted by Gasteiger charge is 2.32. The number of aryl methyl sites for hydroxylation is 1. The molecule has 1 aromatic heterocycles. The van der Waals surface area contributed by atoms with Gasteiger partial charge in [-0.05, 0) is 43.6 Å². The van der Waals surface area contributed by atoms with Gasteiger partial charge in [-0.2, -0.15) is 4.98 Å². The number of aromatic nitrogens is 2. The van der Waals surface area contributed by atoms with Crippen LogP contribution in [0.4, 0.5) is 5.69 Å². The number of amides is 1. The fourth-order valence-electron chi connectivity index (χ4n) is 3.79. The lowest BCUT2D eigenvalue weighted by Crippen LogP contribution is -2.41. The molecule has 4 rings (SSSR count). The van der Waals surface area contributed by atoms with Gasteiger partial charge in [0.2, 0.25) is 11.8 Å². The zero-order valence-corrected chi connectivity index (χ0v) is 15.9. The zero-order chi connectivity index (χ0) is 19.3. The van der Waals surface area contributed by atoms with Crippen LogP contribution in [0.5, 0.6) is 0 Å². The Balaban J connectivity index is 1.50. The molecule has 6 heteroatoms. The van der Waals surface area contributed by atoms with E-state index >= 15 is 0 Å². The summed E-state index contributed by atoms with van der Waals surface area (Å²) in [7, 11) is 0. The Hall–Kier alpha value is -2.99. The number of hydrogen-bond acceptors (Lipinski definition) is 5. The van der Waals surface area contributed by atoms with E-state index in [2.05, 4.69) is 20.4 Å². The van der Waals surface area contributed by atoms with Crippen LogP contribution >= 0.6 is 0 Å². The van der Waals surface area contributed by atoms with E-state index in [0.29, 0.717) is 5.89 Å². The number of rotatable bonds is 5. The minimum Gasteiger partial charge on any atom is -0.340 e. The van der Waals surface area contributed by atoms with Crippen molar-refractivity contribution in [2.75, 3.05) is 18.4 Å². The van der Waals surface area contributed by atoms with Crippen LogP contribution in [-0.4, -0.2) is 34.0 Å². The van der Waals surface area contributed by atoms with Crippen LogP contribution < -0.4 is 5.32 Å². The molecule has 0 saturated carbocycles. The van der Waals surface area contributed by atoms with Gasteiger partial charge in [0.15, 0.2) is 5.82 Å². The lowest BCUT2D eigenvalue weighted by Gasteiger charge is -2.36. The molecule has 2 heterocycles. The molecular weight excluding hydrogens is 352 g/mol. The number of anilines is 1.